The fraction of sp³-hybridized carbons (Fsp3) is 0.0833. The van der Waals surface area contributed by atoms with E-state index in [9.17, 15) is 4.79 Å². The Kier molecular flexibility index (Phi) is 3.21. The van der Waals surface area contributed by atoms with Crippen LogP contribution in [0.3, 0.4) is 0 Å². The van der Waals surface area contributed by atoms with Crippen LogP contribution in [0.25, 0.3) is 15.4 Å². The van der Waals surface area contributed by atoms with Gasteiger partial charge in [0, 0.05) is 24.2 Å². The van der Waals surface area contributed by atoms with Crippen molar-refractivity contribution in [2.45, 2.75) is 0 Å². The van der Waals surface area contributed by atoms with Gasteiger partial charge in [0.15, 0.2) is 0 Å². The minimum atomic E-state index is -0.376. The zero-order chi connectivity index (χ0) is 14.8. The van der Waals surface area contributed by atoms with Crippen LogP contribution in [0.4, 0.5) is 11.5 Å². The maximum Gasteiger partial charge on any atom is 0.318 e. The number of anilines is 1. The molecule has 0 aliphatic heterocycles. The number of nitrogens with zero attached hydrogens (tertiary/aromatic N) is 5. The standard InChI is InChI=1S/C12H9N7OS/c1-13-10-8(5-19(2)18-10)16-11(20)9-6-21-12(17-9)7-3-14-15-4-7/h3-6H,2H3,(H,14,15)(H,16,20). The summed E-state index contributed by atoms with van der Waals surface area (Å²) in [6.07, 6.45) is 4.92. The molecule has 0 atom stereocenters. The molecule has 0 aliphatic carbocycles. The van der Waals surface area contributed by atoms with Crippen molar-refractivity contribution >= 4 is 28.7 Å². The molecule has 8 nitrogen and oxygen atoms in total. The lowest BCUT2D eigenvalue weighted by Crippen LogP contribution is -2.11. The highest BCUT2D eigenvalue weighted by Crippen LogP contribution is 2.25. The highest BCUT2D eigenvalue weighted by Gasteiger charge is 2.16. The van der Waals surface area contributed by atoms with Crippen LogP contribution in [0.15, 0.2) is 24.0 Å². The number of amides is 1. The second-order valence-electron chi connectivity index (χ2n) is 4.13. The normalized spacial score (nSPS) is 10.3. The summed E-state index contributed by atoms with van der Waals surface area (Å²) in [6, 6.07) is 0. The fourth-order valence-corrected chi connectivity index (χ4v) is 2.49. The number of carbonyl (C=O) groups is 1. The molecule has 3 aromatic heterocycles. The summed E-state index contributed by atoms with van der Waals surface area (Å²) in [7, 11) is 1.68. The van der Waals surface area contributed by atoms with E-state index in [0.717, 1.165) is 5.56 Å². The largest absolute Gasteiger partial charge is 0.357 e. The first-order valence-electron chi connectivity index (χ1n) is 5.84. The Bertz CT molecular complexity index is 824. The Morgan fingerprint density at radius 2 is 2.43 bits per heavy atom. The molecule has 0 bridgehead atoms. The number of H-pyrrole nitrogens is 1. The summed E-state index contributed by atoms with van der Waals surface area (Å²) in [5.41, 5.74) is 1.48. The number of carbonyl (C=O) groups excluding carboxylic acids is 1. The summed E-state index contributed by atoms with van der Waals surface area (Å²) < 4.78 is 1.47. The summed E-state index contributed by atoms with van der Waals surface area (Å²) in [6.45, 7) is 7.02. The van der Waals surface area contributed by atoms with Crippen LogP contribution < -0.4 is 5.32 Å². The van der Waals surface area contributed by atoms with Gasteiger partial charge in [-0.2, -0.15) is 5.10 Å². The zero-order valence-electron chi connectivity index (χ0n) is 10.9. The number of hydrogen-bond donors (Lipinski definition) is 2. The maximum absolute atomic E-state index is 12.1. The molecule has 104 valence electrons. The molecule has 3 heterocycles. The quantitative estimate of drug-likeness (QED) is 0.724. The van der Waals surface area contributed by atoms with Gasteiger partial charge >= 0.3 is 5.82 Å². The Morgan fingerprint density at radius 1 is 1.57 bits per heavy atom. The molecule has 0 saturated heterocycles. The van der Waals surface area contributed by atoms with Gasteiger partial charge < -0.3 is 10.2 Å². The Morgan fingerprint density at radius 3 is 3.14 bits per heavy atom. The van der Waals surface area contributed by atoms with Gasteiger partial charge in [-0.1, -0.05) is 6.57 Å². The van der Waals surface area contributed by atoms with Gasteiger partial charge in [-0.15, -0.1) is 11.3 Å². The molecule has 9 heteroatoms. The average molecular weight is 299 g/mol. The molecule has 1 amide bonds. The second kappa shape index (κ2) is 5.18. The van der Waals surface area contributed by atoms with Crippen LogP contribution in [0.5, 0.6) is 0 Å². The number of nitrogens with one attached hydrogen (secondary N) is 2. The molecule has 3 rings (SSSR count). The predicted molar refractivity (Wildman–Crippen MR) is 77.1 cm³/mol. The van der Waals surface area contributed by atoms with Crippen molar-refractivity contribution in [3.8, 4) is 10.6 Å². The minimum Gasteiger partial charge on any atom is -0.357 e. The van der Waals surface area contributed by atoms with Crippen LogP contribution in [-0.4, -0.2) is 30.9 Å². The zero-order valence-corrected chi connectivity index (χ0v) is 11.7. The SMILES string of the molecule is [C-]#[N+]c1nn(C)cc1NC(=O)c1csc(-c2cn[nH]c2)n1. The first-order valence-corrected chi connectivity index (χ1v) is 6.72. The van der Waals surface area contributed by atoms with Gasteiger partial charge in [0.05, 0.1) is 18.1 Å². The lowest BCUT2D eigenvalue weighted by Gasteiger charge is -1.99. The van der Waals surface area contributed by atoms with Crippen molar-refractivity contribution in [3.05, 3.63) is 41.1 Å². The fourth-order valence-electron chi connectivity index (χ4n) is 1.71. The third-order valence-corrected chi connectivity index (χ3v) is 3.54. The summed E-state index contributed by atoms with van der Waals surface area (Å²) >= 11 is 1.35. The molecule has 0 aromatic carbocycles. The first kappa shape index (κ1) is 13.0. The Balaban J connectivity index is 1.81. The number of rotatable bonds is 3. The monoisotopic (exact) mass is 299 g/mol. The molecule has 0 aliphatic rings. The molecule has 3 aromatic rings. The third-order valence-electron chi connectivity index (χ3n) is 2.65. The summed E-state index contributed by atoms with van der Waals surface area (Å²) in [5.74, 6) is -0.227. The molecule has 0 radical (unpaired) electrons. The van der Waals surface area contributed by atoms with E-state index in [1.165, 1.54) is 16.0 Å². The second-order valence-corrected chi connectivity index (χ2v) is 4.99. The smallest absolute Gasteiger partial charge is 0.318 e. The van der Waals surface area contributed by atoms with Crippen LogP contribution >= 0.6 is 11.3 Å². The van der Waals surface area contributed by atoms with Crippen molar-refractivity contribution in [2.24, 2.45) is 7.05 Å². The number of thiazole rings is 1. The lowest BCUT2D eigenvalue weighted by atomic mass is 10.4. The number of aryl methyl sites for hydroxylation is 1. The van der Waals surface area contributed by atoms with E-state index in [1.807, 2.05) is 0 Å². The summed E-state index contributed by atoms with van der Waals surface area (Å²) in [5, 5.41) is 15.5. The molecule has 21 heavy (non-hydrogen) atoms. The van der Waals surface area contributed by atoms with Gasteiger partial charge in [0.25, 0.3) is 5.91 Å². The van der Waals surface area contributed by atoms with Crippen LogP contribution in [0.1, 0.15) is 10.5 Å². The minimum absolute atomic E-state index is 0.149. The van der Waals surface area contributed by atoms with E-state index >= 15 is 0 Å². The van der Waals surface area contributed by atoms with E-state index in [0.29, 0.717) is 10.7 Å². The number of aromatic amines is 1. The van der Waals surface area contributed by atoms with Gasteiger partial charge in [-0.3, -0.25) is 9.89 Å². The van der Waals surface area contributed by atoms with Gasteiger partial charge in [-0.05, 0) is 5.10 Å². The molecule has 0 fully saturated rings. The molecule has 0 unspecified atom stereocenters. The van der Waals surface area contributed by atoms with Gasteiger partial charge in [-0.25, -0.2) is 9.67 Å². The number of aromatic nitrogens is 5. The van der Waals surface area contributed by atoms with Gasteiger partial charge in [0.2, 0.25) is 0 Å². The van der Waals surface area contributed by atoms with E-state index in [2.05, 4.69) is 30.4 Å². The summed E-state index contributed by atoms with van der Waals surface area (Å²) in [4.78, 5) is 19.7. The Labute approximate surface area is 123 Å². The van der Waals surface area contributed by atoms with Crippen molar-refractivity contribution < 1.29 is 4.79 Å². The molecule has 2 N–H and O–H groups in total. The molecule has 0 saturated carbocycles. The number of hydrogen-bond acceptors (Lipinski definition) is 5. The van der Waals surface area contributed by atoms with Crippen LogP contribution in [-0.2, 0) is 7.05 Å². The van der Waals surface area contributed by atoms with E-state index in [-0.39, 0.29) is 17.4 Å². The van der Waals surface area contributed by atoms with E-state index < -0.39 is 0 Å². The van der Waals surface area contributed by atoms with Gasteiger partial charge in [0.1, 0.15) is 10.7 Å². The molecular weight excluding hydrogens is 290 g/mol. The Hall–Kier alpha value is -2.99. The van der Waals surface area contributed by atoms with Crippen molar-refractivity contribution in [2.75, 3.05) is 5.32 Å². The van der Waals surface area contributed by atoms with E-state index in [4.69, 9.17) is 6.57 Å². The van der Waals surface area contributed by atoms with Crippen molar-refractivity contribution in [1.29, 1.82) is 0 Å². The van der Waals surface area contributed by atoms with Crippen molar-refractivity contribution in [3.63, 3.8) is 0 Å². The highest BCUT2D eigenvalue weighted by atomic mass is 32.1. The first-order chi connectivity index (χ1) is 10.2. The topological polar surface area (TPSA) is 92.9 Å². The predicted octanol–water partition coefficient (Wildman–Crippen LogP) is 2.07. The lowest BCUT2D eigenvalue weighted by molar-refractivity contribution is 0.102. The van der Waals surface area contributed by atoms with Crippen LogP contribution in [0.2, 0.25) is 0 Å². The van der Waals surface area contributed by atoms with Crippen LogP contribution in [0, 0.1) is 6.57 Å². The highest BCUT2D eigenvalue weighted by molar-refractivity contribution is 7.13. The third kappa shape index (κ3) is 2.52. The van der Waals surface area contributed by atoms with Crippen molar-refractivity contribution in [1.82, 2.24) is 25.0 Å². The van der Waals surface area contributed by atoms with E-state index in [1.54, 1.807) is 31.0 Å². The molecular formula is C12H9N7OS. The molecule has 0 spiro atoms. The maximum atomic E-state index is 12.1. The average Bonchev–Trinajstić information content (AvgIpc) is 3.18.